The van der Waals surface area contributed by atoms with Gasteiger partial charge in [0.2, 0.25) is 10.0 Å². The first-order valence-corrected chi connectivity index (χ1v) is 11.7. The highest BCUT2D eigenvalue weighted by Crippen LogP contribution is 2.13. The van der Waals surface area contributed by atoms with Crippen molar-refractivity contribution in [1.82, 2.24) is 4.72 Å². The average Bonchev–Trinajstić information content (AvgIpc) is 2.62. The second-order valence-corrected chi connectivity index (χ2v) is 8.77. The molecule has 0 unspecified atom stereocenters. The third-order valence-electron chi connectivity index (χ3n) is 4.61. The van der Waals surface area contributed by atoms with Gasteiger partial charge in [0.1, 0.15) is 0 Å². The van der Waals surface area contributed by atoms with Crippen molar-refractivity contribution in [2.75, 3.05) is 13.2 Å². The van der Waals surface area contributed by atoms with E-state index < -0.39 is 10.0 Å². The van der Waals surface area contributed by atoms with Crippen molar-refractivity contribution in [3.8, 4) is 0 Å². The molecule has 0 aromatic heterocycles. The molecule has 26 heavy (non-hydrogen) atoms. The van der Waals surface area contributed by atoms with Crippen LogP contribution in [0.5, 0.6) is 0 Å². The Labute approximate surface area is 160 Å². The number of rotatable bonds is 15. The van der Waals surface area contributed by atoms with Gasteiger partial charge in [-0.1, -0.05) is 76.0 Å². The molecule has 4 nitrogen and oxygen atoms in total. The van der Waals surface area contributed by atoms with Gasteiger partial charge >= 0.3 is 0 Å². The predicted molar refractivity (Wildman–Crippen MR) is 109 cm³/mol. The van der Waals surface area contributed by atoms with Crippen LogP contribution in [0, 0.1) is 6.92 Å². The number of unbranched alkanes of at least 4 members (excludes halogenated alkanes) is 7. The standard InChI is InChI=1S/C21H37NO3S/c1-4-6-7-8-9-10-11-12-13-20(25-5-2)18-22-26(23,24)21-16-14-19(3)15-17-21/h14-17,20,22H,4-13,18H2,1-3H3/t20-/m0/s1. The van der Waals surface area contributed by atoms with Gasteiger partial charge in [-0.2, -0.15) is 0 Å². The number of benzene rings is 1. The van der Waals surface area contributed by atoms with Crippen LogP contribution in [0.15, 0.2) is 29.2 Å². The molecule has 0 spiro atoms. The average molecular weight is 384 g/mol. The summed E-state index contributed by atoms with van der Waals surface area (Å²) in [5.74, 6) is 0. The Morgan fingerprint density at radius 2 is 1.50 bits per heavy atom. The minimum Gasteiger partial charge on any atom is -0.377 e. The molecule has 1 aromatic rings. The summed E-state index contributed by atoms with van der Waals surface area (Å²) in [5, 5.41) is 0. The number of nitrogens with one attached hydrogen (secondary N) is 1. The van der Waals surface area contributed by atoms with E-state index in [9.17, 15) is 8.42 Å². The number of hydrogen-bond donors (Lipinski definition) is 1. The zero-order valence-corrected chi connectivity index (χ0v) is 17.6. The smallest absolute Gasteiger partial charge is 0.240 e. The highest BCUT2D eigenvalue weighted by molar-refractivity contribution is 7.89. The van der Waals surface area contributed by atoms with E-state index in [0.29, 0.717) is 18.0 Å². The molecule has 0 radical (unpaired) electrons. The summed E-state index contributed by atoms with van der Waals surface area (Å²) in [6.45, 7) is 7.07. The van der Waals surface area contributed by atoms with Crippen LogP contribution in [0.25, 0.3) is 0 Å². The van der Waals surface area contributed by atoms with Crippen LogP contribution in [0.2, 0.25) is 0 Å². The Morgan fingerprint density at radius 3 is 2.08 bits per heavy atom. The summed E-state index contributed by atoms with van der Waals surface area (Å²) < 4.78 is 33.2. The van der Waals surface area contributed by atoms with Crippen molar-refractivity contribution >= 4 is 10.0 Å². The fourth-order valence-electron chi connectivity index (χ4n) is 2.99. The van der Waals surface area contributed by atoms with Crippen molar-refractivity contribution in [3.63, 3.8) is 0 Å². The highest BCUT2D eigenvalue weighted by atomic mass is 32.2. The predicted octanol–water partition coefficient (Wildman–Crippen LogP) is 5.21. The van der Waals surface area contributed by atoms with Gasteiger partial charge in [0.05, 0.1) is 11.0 Å². The molecule has 5 heteroatoms. The van der Waals surface area contributed by atoms with Crippen LogP contribution in [-0.4, -0.2) is 27.7 Å². The molecular weight excluding hydrogens is 346 g/mol. The second kappa shape index (κ2) is 13.3. The molecule has 0 aliphatic heterocycles. The Bertz CT molecular complexity index is 569. The molecule has 0 fully saturated rings. The lowest BCUT2D eigenvalue weighted by atomic mass is 10.1. The van der Waals surface area contributed by atoms with Crippen molar-refractivity contribution in [2.24, 2.45) is 0 Å². The van der Waals surface area contributed by atoms with Crippen molar-refractivity contribution in [3.05, 3.63) is 29.8 Å². The monoisotopic (exact) mass is 383 g/mol. The van der Waals surface area contributed by atoms with Crippen LogP contribution in [-0.2, 0) is 14.8 Å². The minimum absolute atomic E-state index is 0.0553. The molecule has 0 aliphatic carbocycles. The zero-order valence-electron chi connectivity index (χ0n) is 16.8. The molecule has 0 amide bonds. The molecule has 0 bridgehead atoms. The van der Waals surface area contributed by atoms with Gasteiger partial charge < -0.3 is 4.74 Å². The third kappa shape index (κ3) is 9.70. The number of hydrogen-bond acceptors (Lipinski definition) is 3. The summed E-state index contributed by atoms with van der Waals surface area (Å²) in [4.78, 5) is 0.311. The number of ether oxygens (including phenoxy) is 1. The first-order chi connectivity index (χ1) is 12.5. The lowest BCUT2D eigenvalue weighted by molar-refractivity contribution is 0.0585. The van der Waals surface area contributed by atoms with E-state index in [1.807, 2.05) is 26.0 Å². The van der Waals surface area contributed by atoms with Crippen LogP contribution < -0.4 is 4.72 Å². The quantitative estimate of drug-likeness (QED) is 0.423. The van der Waals surface area contributed by atoms with Crippen molar-refractivity contribution in [1.29, 1.82) is 0 Å². The topological polar surface area (TPSA) is 55.4 Å². The Hall–Kier alpha value is -0.910. The summed E-state index contributed by atoms with van der Waals surface area (Å²) in [6, 6.07) is 6.92. The van der Waals surface area contributed by atoms with E-state index in [4.69, 9.17) is 4.74 Å². The van der Waals surface area contributed by atoms with E-state index in [1.165, 1.54) is 44.9 Å². The fourth-order valence-corrected chi connectivity index (χ4v) is 4.06. The normalized spacial score (nSPS) is 13.0. The van der Waals surface area contributed by atoms with Gasteiger partial charge in [0, 0.05) is 13.2 Å². The number of aryl methyl sites for hydroxylation is 1. The van der Waals surface area contributed by atoms with Crippen LogP contribution in [0.1, 0.15) is 77.2 Å². The van der Waals surface area contributed by atoms with E-state index >= 15 is 0 Å². The molecule has 1 N–H and O–H groups in total. The third-order valence-corrected chi connectivity index (χ3v) is 6.05. The molecule has 0 aliphatic rings. The summed E-state index contributed by atoms with van der Waals surface area (Å²) >= 11 is 0. The second-order valence-electron chi connectivity index (χ2n) is 7.01. The molecule has 0 saturated carbocycles. The van der Waals surface area contributed by atoms with Gasteiger partial charge in [-0.15, -0.1) is 0 Å². The fraction of sp³-hybridized carbons (Fsp3) is 0.714. The van der Waals surface area contributed by atoms with Gasteiger partial charge in [-0.05, 0) is 32.4 Å². The summed E-state index contributed by atoms with van der Waals surface area (Å²) in [6.07, 6.45) is 11.0. The maximum absolute atomic E-state index is 12.4. The molecule has 1 rings (SSSR count). The van der Waals surface area contributed by atoms with Crippen molar-refractivity contribution in [2.45, 2.75) is 89.6 Å². The lowest BCUT2D eigenvalue weighted by Gasteiger charge is -2.18. The van der Waals surface area contributed by atoms with Gasteiger partial charge in [0.15, 0.2) is 0 Å². The Balaban J connectivity index is 2.32. The Morgan fingerprint density at radius 1 is 0.923 bits per heavy atom. The van der Waals surface area contributed by atoms with E-state index in [0.717, 1.165) is 18.4 Å². The largest absolute Gasteiger partial charge is 0.377 e. The minimum atomic E-state index is -3.47. The van der Waals surface area contributed by atoms with E-state index in [1.54, 1.807) is 12.1 Å². The summed E-state index contributed by atoms with van der Waals surface area (Å²) in [5.41, 5.74) is 1.05. The van der Waals surface area contributed by atoms with E-state index in [2.05, 4.69) is 11.6 Å². The van der Waals surface area contributed by atoms with Crippen LogP contribution >= 0.6 is 0 Å². The van der Waals surface area contributed by atoms with Crippen molar-refractivity contribution < 1.29 is 13.2 Å². The molecule has 150 valence electrons. The highest BCUT2D eigenvalue weighted by Gasteiger charge is 2.17. The Kier molecular flexibility index (Phi) is 11.8. The van der Waals surface area contributed by atoms with E-state index in [-0.39, 0.29) is 6.10 Å². The number of sulfonamides is 1. The van der Waals surface area contributed by atoms with Gasteiger partial charge in [-0.3, -0.25) is 0 Å². The van der Waals surface area contributed by atoms with Crippen LogP contribution in [0.4, 0.5) is 0 Å². The molecule has 0 saturated heterocycles. The van der Waals surface area contributed by atoms with Crippen LogP contribution in [0.3, 0.4) is 0 Å². The first kappa shape index (κ1) is 23.1. The first-order valence-electron chi connectivity index (χ1n) is 10.2. The molecule has 0 heterocycles. The molecular formula is C21H37NO3S. The van der Waals surface area contributed by atoms with Gasteiger partial charge in [-0.25, -0.2) is 13.1 Å². The SMILES string of the molecule is CCCCCCCCCC[C@@H](CNS(=O)(=O)c1ccc(C)cc1)OCC. The maximum atomic E-state index is 12.4. The molecule has 1 atom stereocenters. The van der Waals surface area contributed by atoms with Gasteiger partial charge in [0.25, 0.3) is 0 Å². The maximum Gasteiger partial charge on any atom is 0.240 e. The lowest BCUT2D eigenvalue weighted by Crippen LogP contribution is -2.33. The molecule has 1 aromatic carbocycles. The zero-order chi connectivity index (χ0) is 19.3. The summed E-state index contributed by atoms with van der Waals surface area (Å²) in [7, 11) is -3.47.